The van der Waals surface area contributed by atoms with Crippen LogP contribution in [0, 0.1) is 11.3 Å². The zero-order chi connectivity index (χ0) is 27.0. The van der Waals surface area contributed by atoms with Crippen LogP contribution < -0.4 is 10.1 Å². The van der Waals surface area contributed by atoms with Gasteiger partial charge < -0.3 is 19.5 Å². The minimum Gasteiger partial charge on any atom is -0.496 e. The van der Waals surface area contributed by atoms with Crippen LogP contribution in [0.25, 0.3) is 22.2 Å². The van der Waals surface area contributed by atoms with Gasteiger partial charge in [-0.1, -0.05) is 12.1 Å². The first kappa shape index (κ1) is 25.0. The van der Waals surface area contributed by atoms with E-state index in [9.17, 15) is 10.1 Å². The zero-order valence-electron chi connectivity index (χ0n) is 21.9. The molecule has 39 heavy (non-hydrogen) atoms. The van der Waals surface area contributed by atoms with Crippen molar-refractivity contribution in [2.45, 2.75) is 31.4 Å². The first-order valence-electron chi connectivity index (χ1n) is 12.9. The number of aromatic nitrogens is 2. The Morgan fingerprint density at radius 1 is 1.15 bits per heavy atom. The van der Waals surface area contributed by atoms with E-state index < -0.39 is 5.41 Å². The predicted octanol–water partition coefficient (Wildman–Crippen LogP) is 4.66. The van der Waals surface area contributed by atoms with Crippen molar-refractivity contribution >= 4 is 16.8 Å². The SMILES string of the molecule is COc1cc(C2COC2)ccc1-c1ccc2cnc(CNC(=O)c3ccc4c(c3)[C@](C)(C#N)COC4)cc2n1. The predicted molar refractivity (Wildman–Crippen MR) is 145 cm³/mol. The fraction of sp³-hybridized carbons (Fsp3) is 0.290. The van der Waals surface area contributed by atoms with Gasteiger partial charge in [0.15, 0.2) is 0 Å². The molecule has 4 heterocycles. The Morgan fingerprint density at radius 3 is 2.79 bits per heavy atom. The third-order valence-corrected chi connectivity index (χ3v) is 7.53. The monoisotopic (exact) mass is 520 g/mol. The van der Waals surface area contributed by atoms with E-state index in [1.165, 1.54) is 5.56 Å². The molecule has 1 atom stereocenters. The van der Waals surface area contributed by atoms with Crippen LogP contribution in [0.2, 0.25) is 0 Å². The number of nitriles is 1. The third-order valence-electron chi connectivity index (χ3n) is 7.53. The average molecular weight is 521 g/mol. The summed E-state index contributed by atoms with van der Waals surface area (Å²) in [7, 11) is 1.67. The van der Waals surface area contributed by atoms with Crippen molar-refractivity contribution in [1.29, 1.82) is 5.26 Å². The number of benzene rings is 2. The van der Waals surface area contributed by atoms with Crippen molar-refractivity contribution in [2.75, 3.05) is 26.9 Å². The average Bonchev–Trinajstić information content (AvgIpc) is 2.94. The van der Waals surface area contributed by atoms with Gasteiger partial charge in [-0.25, -0.2) is 4.98 Å². The fourth-order valence-corrected chi connectivity index (χ4v) is 5.07. The molecule has 1 amide bonds. The zero-order valence-corrected chi connectivity index (χ0v) is 21.9. The molecule has 0 radical (unpaired) electrons. The number of nitrogens with zero attached hydrogens (tertiary/aromatic N) is 3. The van der Waals surface area contributed by atoms with Crippen LogP contribution in [-0.4, -0.2) is 42.8 Å². The molecule has 0 bridgehead atoms. The summed E-state index contributed by atoms with van der Waals surface area (Å²) < 4.78 is 16.6. The fourth-order valence-electron chi connectivity index (χ4n) is 5.07. The molecule has 4 aromatic rings. The van der Waals surface area contributed by atoms with Crippen LogP contribution in [-0.2, 0) is 28.0 Å². The number of amides is 1. The number of rotatable bonds is 6. The number of methoxy groups -OCH3 is 1. The van der Waals surface area contributed by atoms with Crippen molar-refractivity contribution in [1.82, 2.24) is 15.3 Å². The summed E-state index contributed by atoms with van der Waals surface area (Å²) in [5.41, 5.74) is 5.90. The summed E-state index contributed by atoms with van der Waals surface area (Å²) in [6, 6.07) is 19.8. The van der Waals surface area contributed by atoms with Crippen LogP contribution in [0.5, 0.6) is 5.75 Å². The largest absolute Gasteiger partial charge is 0.496 e. The highest BCUT2D eigenvalue weighted by atomic mass is 16.5. The van der Waals surface area contributed by atoms with E-state index in [1.54, 1.807) is 25.4 Å². The quantitative estimate of drug-likeness (QED) is 0.394. The van der Waals surface area contributed by atoms with Crippen molar-refractivity contribution in [3.63, 3.8) is 0 Å². The lowest BCUT2D eigenvalue weighted by Crippen LogP contribution is -2.33. The Morgan fingerprint density at radius 2 is 2.03 bits per heavy atom. The Labute approximate surface area is 226 Å². The van der Waals surface area contributed by atoms with Gasteiger partial charge in [0, 0.05) is 28.6 Å². The minimum absolute atomic E-state index is 0.227. The first-order valence-corrected chi connectivity index (χ1v) is 12.9. The topological polar surface area (TPSA) is 106 Å². The van der Waals surface area contributed by atoms with E-state index in [0.29, 0.717) is 30.4 Å². The van der Waals surface area contributed by atoms with Gasteiger partial charge in [-0.3, -0.25) is 9.78 Å². The molecule has 2 aliphatic rings. The van der Waals surface area contributed by atoms with Crippen LogP contribution in [0.3, 0.4) is 0 Å². The number of nitrogens with one attached hydrogen (secondary N) is 1. The van der Waals surface area contributed by atoms with Gasteiger partial charge in [0.2, 0.25) is 0 Å². The lowest BCUT2D eigenvalue weighted by Gasteiger charge is -2.30. The van der Waals surface area contributed by atoms with E-state index in [2.05, 4.69) is 28.5 Å². The summed E-state index contributed by atoms with van der Waals surface area (Å²) in [5.74, 6) is 0.958. The molecule has 0 saturated carbocycles. The first-order chi connectivity index (χ1) is 19.0. The van der Waals surface area contributed by atoms with Gasteiger partial charge in [-0.05, 0) is 66.1 Å². The van der Waals surface area contributed by atoms with Gasteiger partial charge in [-0.2, -0.15) is 5.26 Å². The summed E-state index contributed by atoms with van der Waals surface area (Å²) in [6.07, 6.45) is 1.77. The van der Waals surface area contributed by atoms with Crippen molar-refractivity contribution in [3.8, 4) is 23.1 Å². The van der Waals surface area contributed by atoms with E-state index in [-0.39, 0.29) is 12.5 Å². The number of pyridine rings is 2. The lowest BCUT2D eigenvalue weighted by molar-refractivity contribution is 0.00836. The number of carbonyl (C=O) groups is 1. The second-order valence-electron chi connectivity index (χ2n) is 10.3. The molecule has 8 heteroatoms. The van der Waals surface area contributed by atoms with E-state index in [1.807, 2.05) is 37.3 Å². The van der Waals surface area contributed by atoms with Crippen LogP contribution >= 0.6 is 0 Å². The van der Waals surface area contributed by atoms with Gasteiger partial charge in [0.05, 0.1) is 63.1 Å². The molecule has 0 unspecified atom stereocenters. The molecule has 2 aliphatic heterocycles. The number of hydrogen-bond donors (Lipinski definition) is 1. The third kappa shape index (κ3) is 4.71. The molecular weight excluding hydrogens is 492 g/mol. The standard InChI is InChI=1S/C31H28N4O4/c1-31(17-32)18-39-14-22-4-3-20(9-26(22)31)30(36)34-13-24-11-28-21(12-33-24)6-8-27(35-28)25-7-5-19(10-29(25)37-2)23-15-38-16-23/h3-12,23H,13-16,18H2,1-2H3,(H,34,36)/t31-/m1/s1. The molecule has 6 rings (SSSR count). The molecule has 1 saturated heterocycles. The summed E-state index contributed by atoms with van der Waals surface area (Å²) in [4.78, 5) is 22.4. The molecule has 8 nitrogen and oxygen atoms in total. The van der Waals surface area contributed by atoms with E-state index in [4.69, 9.17) is 19.2 Å². The van der Waals surface area contributed by atoms with Crippen LogP contribution in [0.15, 0.2) is 60.8 Å². The van der Waals surface area contributed by atoms with Gasteiger partial charge in [-0.15, -0.1) is 0 Å². The second kappa shape index (κ2) is 10.1. The summed E-state index contributed by atoms with van der Waals surface area (Å²) >= 11 is 0. The molecule has 0 aliphatic carbocycles. The molecule has 1 N–H and O–H groups in total. The maximum absolute atomic E-state index is 13.0. The van der Waals surface area contributed by atoms with Gasteiger partial charge in [0.25, 0.3) is 5.91 Å². The molecule has 0 spiro atoms. The number of fused-ring (bicyclic) bond motifs is 2. The van der Waals surface area contributed by atoms with E-state index in [0.717, 1.165) is 52.3 Å². The van der Waals surface area contributed by atoms with Crippen molar-refractivity contribution in [2.24, 2.45) is 0 Å². The summed E-state index contributed by atoms with van der Waals surface area (Å²) in [6.45, 7) is 4.31. The highest BCUT2D eigenvalue weighted by Crippen LogP contribution is 2.35. The Kier molecular flexibility index (Phi) is 6.47. The van der Waals surface area contributed by atoms with E-state index >= 15 is 0 Å². The number of hydrogen-bond acceptors (Lipinski definition) is 7. The highest BCUT2D eigenvalue weighted by molar-refractivity contribution is 5.94. The van der Waals surface area contributed by atoms with Crippen molar-refractivity contribution < 1.29 is 19.0 Å². The van der Waals surface area contributed by atoms with Crippen LogP contribution in [0.4, 0.5) is 0 Å². The smallest absolute Gasteiger partial charge is 0.251 e. The summed E-state index contributed by atoms with van der Waals surface area (Å²) in [5, 5.41) is 13.5. The number of ether oxygens (including phenoxy) is 3. The second-order valence-corrected chi connectivity index (χ2v) is 10.3. The van der Waals surface area contributed by atoms with Crippen molar-refractivity contribution in [3.05, 3.63) is 88.7 Å². The van der Waals surface area contributed by atoms with Gasteiger partial charge in [0.1, 0.15) is 11.2 Å². The molecule has 196 valence electrons. The minimum atomic E-state index is -0.776. The normalized spacial score (nSPS) is 18.6. The van der Waals surface area contributed by atoms with Gasteiger partial charge >= 0.3 is 0 Å². The maximum Gasteiger partial charge on any atom is 0.251 e. The highest BCUT2D eigenvalue weighted by Gasteiger charge is 2.33. The Balaban J connectivity index is 1.21. The number of carbonyl (C=O) groups excluding carboxylic acids is 1. The maximum atomic E-state index is 13.0. The lowest BCUT2D eigenvalue weighted by atomic mass is 9.79. The molecule has 2 aromatic heterocycles. The molecule has 1 fully saturated rings. The Bertz CT molecular complexity index is 1630. The van der Waals surface area contributed by atoms with Crippen LogP contribution in [0.1, 0.15) is 45.6 Å². The molecular formula is C31H28N4O4. The Hall–Kier alpha value is -4.32. The molecule has 2 aromatic carbocycles.